The Labute approximate surface area is 133 Å². The maximum absolute atomic E-state index is 12.3. The fourth-order valence-electron chi connectivity index (χ4n) is 2.83. The molecule has 2 aliphatic rings. The fourth-order valence-corrected chi connectivity index (χ4v) is 2.83. The van der Waals surface area contributed by atoms with Crippen LogP contribution < -0.4 is 10.6 Å². The van der Waals surface area contributed by atoms with Gasteiger partial charge < -0.3 is 24.9 Å². The molecule has 2 N–H and O–H groups in total. The molecule has 124 valence electrons. The molecule has 2 fully saturated rings. The third-order valence-electron chi connectivity index (χ3n) is 4.16. The van der Waals surface area contributed by atoms with Gasteiger partial charge >= 0.3 is 0 Å². The molecule has 8 heteroatoms. The summed E-state index contributed by atoms with van der Waals surface area (Å²) in [6, 6.07) is 2.85. The van der Waals surface area contributed by atoms with Crippen LogP contribution in [0.1, 0.15) is 17.0 Å². The molecule has 0 saturated carbocycles. The molecule has 1 aromatic heterocycles. The summed E-state index contributed by atoms with van der Waals surface area (Å²) in [5, 5.41) is 5.79. The topological polar surface area (TPSA) is 94.9 Å². The Morgan fingerprint density at radius 1 is 1.17 bits per heavy atom. The van der Waals surface area contributed by atoms with Crippen LogP contribution in [0.25, 0.3) is 0 Å². The van der Waals surface area contributed by atoms with E-state index in [1.807, 2.05) is 0 Å². The summed E-state index contributed by atoms with van der Waals surface area (Å²) in [6.07, 6.45) is 1.62. The highest BCUT2D eigenvalue weighted by Gasteiger charge is 2.29. The number of carbonyl (C=O) groups excluding carboxylic acids is 3. The van der Waals surface area contributed by atoms with Gasteiger partial charge in [0.2, 0.25) is 11.8 Å². The molecular weight excluding hydrogens is 300 g/mol. The minimum absolute atomic E-state index is 0.0651. The average Bonchev–Trinajstić information content (AvgIpc) is 3.11. The van der Waals surface area contributed by atoms with Gasteiger partial charge in [0, 0.05) is 39.3 Å². The lowest BCUT2D eigenvalue weighted by atomic mass is 10.1. The van der Waals surface area contributed by atoms with Gasteiger partial charge in [-0.15, -0.1) is 0 Å². The summed E-state index contributed by atoms with van der Waals surface area (Å²) in [4.78, 5) is 39.5. The van der Waals surface area contributed by atoms with Crippen molar-refractivity contribution < 1.29 is 18.8 Å². The standard InChI is InChI=1S/C15H20N4O4/c20-13(10-11-14(21)17-4-3-16-11)18-5-7-19(8-6-18)15(22)12-2-1-9-23-12/h1-2,9,11,16H,3-8,10H2,(H,17,21)/t11-/m0/s1. The van der Waals surface area contributed by atoms with Crippen LogP contribution in [0.5, 0.6) is 0 Å². The van der Waals surface area contributed by atoms with Crippen LogP contribution >= 0.6 is 0 Å². The van der Waals surface area contributed by atoms with Crippen LogP contribution in [0.2, 0.25) is 0 Å². The lowest BCUT2D eigenvalue weighted by Crippen LogP contribution is -2.56. The molecule has 3 amide bonds. The van der Waals surface area contributed by atoms with Gasteiger partial charge in [-0.1, -0.05) is 0 Å². The summed E-state index contributed by atoms with van der Waals surface area (Å²) in [6.45, 7) is 3.15. The largest absolute Gasteiger partial charge is 0.459 e. The highest BCUT2D eigenvalue weighted by atomic mass is 16.3. The van der Waals surface area contributed by atoms with Gasteiger partial charge in [-0.05, 0) is 12.1 Å². The molecule has 8 nitrogen and oxygen atoms in total. The SMILES string of the molecule is O=C1NCCN[C@H]1CC(=O)N1CCN(C(=O)c2ccco2)CC1. The molecule has 3 rings (SSSR count). The summed E-state index contributed by atoms with van der Waals surface area (Å²) in [5.41, 5.74) is 0. The Morgan fingerprint density at radius 2 is 1.91 bits per heavy atom. The van der Waals surface area contributed by atoms with Crippen LogP contribution in [-0.4, -0.2) is 72.8 Å². The first kappa shape index (κ1) is 15.5. The average molecular weight is 320 g/mol. The fraction of sp³-hybridized carbons (Fsp3) is 0.533. The second kappa shape index (κ2) is 6.82. The zero-order chi connectivity index (χ0) is 16.2. The number of hydrogen-bond donors (Lipinski definition) is 2. The Hall–Kier alpha value is -2.35. The number of amides is 3. The molecule has 2 saturated heterocycles. The Kier molecular flexibility index (Phi) is 4.61. The number of nitrogens with one attached hydrogen (secondary N) is 2. The van der Waals surface area contributed by atoms with E-state index in [2.05, 4.69) is 10.6 Å². The molecule has 3 heterocycles. The van der Waals surface area contributed by atoms with Crippen LogP contribution in [0.3, 0.4) is 0 Å². The van der Waals surface area contributed by atoms with Crippen molar-refractivity contribution in [2.75, 3.05) is 39.3 Å². The van der Waals surface area contributed by atoms with Gasteiger partial charge in [-0.2, -0.15) is 0 Å². The molecule has 0 unspecified atom stereocenters. The van der Waals surface area contributed by atoms with E-state index in [0.29, 0.717) is 45.0 Å². The second-order valence-corrected chi connectivity index (χ2v) is 5.65. The monoisotopic (exact) mass is 320 g/mol. The maximum Gasteiger partial charge on any atom is 0.289 e. The zero-order valence-corrected chi connectivity index (χ0v) is 12.8. The smallest absolute Gasteiger partial charge is 0.289 e. The third-order valence-corrected chi connectivity index (χ3v) is 4.16. The van der Waals surface area contributed by atoms with Gasteiger partial charge in [0.1, 0.15) is 0 Å². The van der Waals surface area contributed by atoms with Crippen LogP contribution in [0.15, 0.2) is 22.8 Å². The van der Waals surface area contributed by atoms with Crippen molar-refractivity contribution in [2.45, 2.75) is 12.5 Å². The molecular formula is C15H20N4O4. The van der Waals surface area contributed by atoms with E-state index in [-0.39, 0.29) is 24.1 Å². The molecule has 1 aromatic rings. The number of hydrogen-bond acceptors (Lipinski definition) is 5. The maximum atomic E-state index is 12.3. The van der Waals surface area contributed by atoms with E-state index in [4.69, 9.17) is 4.42 Å². The molecule has 0 bridgehead atoms. The lowest BCUT2D eigenvalue weighted by Gasteiger charge is -2.35. The zero-order valence-electron chi connectivity index (χ0n) is 12.8. The predicted octanol–water partition coefficient (Wildman–Crippen LogP) is -0.958. The Balaban J connectivity index is 1.49. The van der Waals surface area contributed by atoms with Crippen LogP contribution in [0, 0.1) is 0 Å². The van der Waals surface area contributed by atoms with Crippen molar-refractivity contribution in [1.29, 1.82) is 0 Å². The number of piperazine rings is 2. The molecule has 0 spiro atoms. The van der Waals surface area contributed by atoms with Crippen molar-refractivity contribution in [2.24, 2.45) is 0 Å². The number of nitrogens with zero attached hydrogens (tertiary/aromatic N) is 2. The second-order valence-electron chi connectivity index (χ2n) is 5.65. The predicted molar refractivity (Wildman–Crippen MR) is 80.6 cm³/mol. The highest BCUT2D eigenvalue weighted by molar-refractivity contribution is 5.92. The van der Waals surface area contributed by atoms with Gasteiger partial charge in [0.05, 0.1) is 18.7 Å². The minimum Gasteiger partial charge on any atom is -0.459 e. The van der Waals surface area contributed by atoms with Crippen LogP contribution in [0.4, 0.5) is 0 Å². The molecule has 0 aliphatic carbocycles. The van der Waals surface area contributed by atoms with E-state index < -0.39 is 6.04 Å². The van der Waals surface area contributed by atoms with Gasteiger partial charge in [0.15, 0.2) is 5.76 Å². The number of rotatable bonds is 3. The molecule has 1 atom stereocenters. The first-order valence-corrected chi connectivity index (χ1v) is 7.77. The van der Waals surface area contributed by atoms with Gasteiger partial charge in [-0.3, -0.25) is 14.4 Å². The highest BCUT2D eigenvalue weighted by Crippen LogP contribution is 2.11. The molecule has 23 heavy (non-hydrogen) atoms. The van der Waals surface area contributed by atoms with E-state index >= 15 is 0 Å². The Bertz CT molecular complexity index is 578. The summed E-state index contributed by atoms with van der Waals surface area (Å²) in [5.74, 6) is -0.0378. The first-order valence-electron chi connectivity index (χ1n) is 7.77. The van der Waals surface area contributed by atoms with Gasteiger partial charge in [0.25, 0.3) is 5.91 Å². The van der Waals surface area contributed by atoms with Crippen molar-refractivity contribution >= 4 is 17.7 Å². The molecule has 2 aliphatic heterocycles. The van der Waals surface area contributed by atoms with E-state index in [1.165, 1.54) is 6.26 Å². The third kappa shape index (κ3) is 3.53. The first-order chi connectivity index (χ1) is 11.1. The number of furan rings is 1. The molecule has 0 radical (unpaired) electrons. The van der Waals surface area contributed by atoms with Crippen LogP contribution in [-0.2, 0) is 9.59 Å². The van der Waals surface area contributed by atoms with E-state index in [1.54, 1.807) is 21.9 Å². The summed E-state index contributed by atoms with van der Waals surface area (Å²) in [7, 11) is 0. The van der Waals surface area contributed by atoms with Crippen molar-refractivity contribution in [3.8, 4) is 0 Å². The van der Waals surface area contributed by atoms with Crippen molar-refractivity contribution in [1.82, 2.24) is 20.4 Å². The van der Waals surface area contributed by atoms with Crippen molar-refractivity contribution in [3.63, 3.8) is 0 Å². The van der Waals surface area contributed by atoms with E-state index in [0.717, 1.165) is 0 Å². The normalized spacial score (nSPS) is 21.9. The number of carbonyl (C=O) groups is 3. The quantitative estimate of drug-likeness (QED) is 0.748. The summed E-state index contributed by atoms with van der Waals surface area (Å²) >= 11 is 0. The summed E-state index contributed by atoms with van der Waals surface area (Å²) < 4.78 is 5.11. The van der Waals surface area contributed by atoms with Crippen molar-refractivity contribution in [3.05, 3.63) is 24.2 Å². The van der Waals surface area contributed by atoms with Gasteiger partial charge in [-0.25, -0.2) is 0 Å². The van der Waals surface area contributed by atoms with E-state index in [9.17, 15) is 14.4 Å². The lowest BCUT2D eigenvalue weighted by molar-refractivity contribution is -0.136. The minimum atomic E-state index is -0.459. The molecule has 0 aromatic carbocycles. The Morgan fingerprint density at radius 3 is 2.57 bits per heavy atom.